The number of carbonyl (C=O) groups is 2. The number of hydrogen-bond acceptors (Lipinski definition) is 3. The Labute approximate surface area is 123 Å². The summed E-state index contributed by atoms with van der Waals surface area (Å²) in [6, 6.07) is 5.23. The van der Waals surface area contributed by atoms with Gasteiger partial charge in [-0.25, -0.2) is 4.79 Å². The third-order valence-electron chi connectivity index (χ3n) is 3.17. The molecule has 1 N–H and O–H groups in total. The van der Waals surface area contributed by atoms with Crippen LogP contribution in [0.5, 0.6) is 5.75 Å². The van der Waals surface area contributed by atoms with Gasteiger partial charge in [-0.2, -0.15) is 0 Å². The number of rotatable bonds is 5. The number of amides is 1. The van der Waals surface area contributed by atoms with Crippen LogP contribution in [0.2, 0.25) is 5.02 Å². The minimum atomic E-state index is -1.29. The number of nitrogens with zero attached hydrogens (tertiary/aromatic N) is 1. The number of aryl methyl sites for hydroxylation is 1. The molecule has 0 bridgehead atoms. The number of benzene rings is 1. The van der Waals surface area contributed by atoms with Gasteiger partial charge in [-0.05, 0) is 38.5 Å². The summed E-state index contributed by atoms with van der Waals surface area (Å²) in [4.78, 5) is 24.2. The zero-order valence-electron chi connectivity index (χ0n) is 11.9. The molecule has 0 spiro atoms. The van der Waals surface area contributed by atoms with Gasteiger partial charge in [-0.3, -0.25) is 4.79 Å². The third-order valence-corrected chi connectivity index (χ3v) is 3.49. The molecule has 1 amide bonds. The maximum atomic E-state index is 12.0. The Balaban J connectivity index is 2.73. The monoisotopic (exact) mass is 299 g/mol. The number of aliphatic carboxylic acids is 1. The van der Waals surface area contributed by atoms with Gasteiger partial charge in [0.25, 0.3) is 5.91 Å². The molecule has 5 nitrogen and oxygen atoms in total. The molecular formula is C14H18ClNO4. The number of carboxylic acid groups (broad SMARTS) is 1. The predicted octanol–water partition coefficient (Wildman–Crippen LogP) is 2.35. The van der Waals surface area contributed by atoms with Crippen LogP contribution in [0.4, 0.5) is 0 Å². The summed E-state index contributed by atoms with van der Waals surface area (Å²) >= 11 is 5.96. The van der Waals surface area contributed by atoms with E-state index in [4.69, 9.17) is 21.4 Å². The quantitative estimate of drug-likeness (QED) is 0.906. The van der Waals surface area contributed by atoms with Crippen molar-refractivity contribution in [1.29, 1.82) is 0 Å². The van der Waals surface area contributed by atoms with Crippen molar-refractivity contribution < 1.29 is 19.4 Å². The molecule has 0 atom stereocenters. The minimum Gasteiger partial charge on any atom is -0.482 e. The molecule has 0 aliphatic carbocycles. The highest BCUT2D eigenvalue weighted by molar-refractivity contribution is 6.32. The number of likely N-dealkylation sites (N-methyl/N-ethyl adjacent to an activating group) is 1. The van der Waals surface area contributed by atoms with E-state index < -0.39 is 17.4 Å². The molecule has 0 fully saturated rings. The third kappa shape index (κ3) is 3.63. The van der Waals surface area contributed by atoms with Crippen LogP contribution in [0.3, 0.4) is 0 Å². The molecule has 20 heavy (non-hydrogen) atoms. The number of carbonyl (C=O) groups excluding carboxylic acids is 1. The Morgan fingerprint density at radius 3 is 2.55 bits per heavy atom. The second-order valence-electron chi connectivity index (χ2n) is 5.04. The molecule has 1 aromatic carbocycles. The van der Waals surface area contributed by atoms with Gasteiger partial charge in [0.15, 0.2) is 6.61 Å². The van der Waals surface area contributed by atoms with Gasteiger partial charge < -0.3 is 14.7 Å². The van der Waals surface area contributed by atoms with E-state index in [2.05, 4.69) is 0 Å². The van der Waals surface area contributed by atoms with Gasteiger partial charge >= 0.3 is 5.97 Å². The molecule has 0 radical (unpaired) electrons. The molecule has 0 aliphatic rings. The molecule has 110 valence electrons. The molecule has 0 saturated heterocycles. The molecule has 0 aromatic heterocycles. The smallest absolute Gasteiger partial charge is 0.329 e. The SMILES string of the molecule is Cc1ccc(Cl)c(OCC(=O)N(C)C(C)(C)C(=O)O)c1. The van der Waals surface area contributed by atoms with Gasteiger partial charge in [0.1, 0.15) is 11.3 Å². The molecular weight excluding hydrogens is 282 g/mol. The number of carboxylic acids is 1. The van der Waals surface area contributed by atoms with Crippen molar-refractivity contribution in [3.05, 3.63) is 28.8 Å². The second kappa shape index (κ2) is 6.13. The van der Waals surface area contributed by atoms with Crippen LogP contribution in [0, 0.1) is 6.92 Å². The van der Waals surface area contributed by atoms with E-state index in [1.54, 1.807) is 12.1 Å². The van der Waals surface area contributed by atoms with Crippen molar-refractivity contribution in [2.45, 2.75) is 26.3 Å². The normalized spacial score (nSPS) is 11.1. The highest BCUT2D eigenvalue weighted by atomic mass is 35.5. The van der Waals surface area contributed by atoms with E-state index in [-0.39, 0.29) is 6.61 Å². The van der Waals surface area contributed by atoms with Crippen molar-refractivity contribution >= 4 is 23.5 Å². The molecule has 0 saturated carbocycles. The zero-order chi connectivity index (χ0) is 15.5. The minimum absolute atomic E-state index is 0.267. The predicted molar refractivity (Wildman–Crippen MR) is 76.2 cm³/mol. The lowest BCUT2D eigenvalue weighted by atomic mass is 10.0. The zero-order valence-corrected chi connectivity index (χ0v) is 12.7. The summed E-state index contributed by atoms with van der Waals surface area (Å²) in [7, 11) is 1.43. The van der Waals surface area contributed by atoms with Crippen molar-refractivity contribution in [3.8, 4) is 5.75 Å². The fourth-order valence-electron chi connectivity index (χ4n) is 1.41. The van der Waals surface area contributed by atoms with Crippen LogP contribution in [-0.4, -0.2) is 41.1 Å². The van der Waals surface area contributed by atoms with Crippen molar-refractivity contribution in [1.82, 2.24) is 4.90 Å². The van der Waals surface area contributed by atoms with E-state index in [1.165, 1.54) is 20.9 Å². The summed E-state index contributed by atoms with van der Waals surface area (Å²) in [5.41, 5.74) is -0.340. The van der Waals surface area contributed by atoms with Crippen LogP contribution in [0.25, 0.3) is 0 Å². The Bertz CT molecular complexity index is 528. The maximum absolute atomic E-state index is 12.0. The first-order valence-corrected chi connectivity index (χ1v) is 6.43. The second-order valence-corrected chi connectivity index (χ2v) is 5.45. The first-order chi connectivity index (χ1) is 9.16. The van der Waals surface area contributed by atoms with Crippen LogP contribution in [-0.2, 0) is 9.59 Å². The Morgan fingerprint density at radius 1 is 1.40 bits per heavy atom. The van der Waals surface area contributed by atoms with E-state index in [0.29, 0.717) is 10.8 Å². The van der Waals surface area contributed by atoms with Crippen LogP contribution >= 0.6 is 11.6 Å². The summed E-state index contributed by atoms with van der Waals surface area (Å²) in [5, 5.41) is 9.48. The van der Waals surface area contributed by atoms with E-state index in [9.17, 15) is 9.59 Å². The average molecular weight is 300 g/mol. The number of hydrogen-bond donors (Lipinski definition) is 1. The van der Waals surface area contributed by atoms with Gasteiger partial charge in [0, 0.05) is 7.05 Å². The average Bonchev–Trinajstić information content (AvgIpc) is 2.38. The molecule has 1 aromatic rings. The Kier molecular flexibility index (Phi) is 5.00. The van der Waals surface area contributed by atoms with Crippen LogP contribution < -0.4 is 4.74 Å². The van der Waals surface area contributed by atoms with Crippen molar-refractivity contribution in [3.63, 3.8) is 0 Å². The summed E-state index contributed by atoms with van der Waals surface area (Å²) in [6.07, 6.45) is 0. The fraction of sp³-hybridized carbons (Fsp3) is 0.429. The van der Waals surface area contributed by atoms with Crippen molar-refractivity contribution in [2.75, 3.05) is 13.7 Å². The van der Waals surface area contributed by atoms with E-state index in [1.807, 2.05) is 13.0 Å². The highest BCUT2D eigenvalue weighted by Crippen LogP contribution is 2.25. The topological polar surface area (TPSA) is 66.8 Å². The molecule has 0 unspecified atom stereocenters. The van der Waals surface area contributed by atoms with E-state index in [0.717, 1.165) is 10.5 Å². The standard InChI is InChI=1S/C14H18ClNO4/c1-9-5-6-10(15)11(7-9)20-8-12(17)16(4)14(2,3)13(18)19/h5-7H,8H2,1-4H3,(H,18,19). The lowest BCUT2D eigenvalue weighted by molar-refractivity contribution is -0.156. The molecule has 6 heteroatoms. The lowest BCUT2D eigenvalue weighted by Crippen LogP contribution is -2.52. The number of halogens is 1. The van der Waals surface area contributed by atoms with Crippen LogP contribution in [0.15, 0.2) is 18.2 Å². The maximum Gasteiger partial charge on any atom is 0.329 e. The van der Waals surface area contributed by atoms with Gasteiger partial charge in [0.2, 0.25) is 0 Å². The molecule has 1 rings (SSSR count). The fourth-order valence-corrected chi connectivity index (χ4v) is 1.58. The highest BCUT2D eigenvalue weighted by Gasteiger charge is 2.35. The van der Waals surface area contributed by atoms with Gasteiger partial charge in [-0.15, -0.1) is 0 Å². The summed E-state index contributed by atoms with van der Waals surface area (Å²) in [5.74, 6) is -1.11. The van der Waals surface area contributed by atoms with Crippen LogP contribution in [0.1, 0.15) is 19.4 Å². The Morgan fingerprint density at radius 2 is 2.00 bits per heavy atom. The summed E-state index contributed by atoms with van der Waals surface area (Å²) < 4.78 is 5.36. The number of ether oxygens (including phenoxy) is 1. The first kappa shape index (κ1) is 16.3. The van der Waals surface area contributed by atoms with E-state index >= 15 is 0 Å². The van der Waals surface area contributed by atoms with Gasteiger partial charge in [-0.1, -0.05) is 17.7 Å². The van der Waals surface area contributed by atoms with Crippen molar-refractivity contribution in [2.24, 2.45) is 0 Å². The molecule has 0 heterocycles. The largest absolute Gasteiger partial charge is 0.482 e. The van der Waals surface area contributed by atoms with Gasteiger partial charge in [0.05, 0.1) is 5.02 Å². The Hall–Kier alpha value is -1.75. The summed E-state index contributed by atoms with van der Waals surface area (Å²) in [6.45, 7) is 4.51. The lowest BCUT2D eigenvalue weighted by Gasteiger charge is -2.31. The first-order valence-electron chi connectivity index (χ1n) is 6.05. The molecule has 0 aliphatic heterocycles.